The molecule has 3 heteroatoms. The number of hydrogen-bond acceptors (Lipinski definition) is 1. The molecule has 0 bridgehead atoms. The van der Waals surface area contributed by atoms with Crippen molar-refractivity contribution in [1.82, 2.24) is 0 Å². The Morgan fingerprint density at radius 2 is 1.81 bits per heavy atom. The second-order valence-corrected chi connectivity index (χ2v) is 4.11. The zero-order chi connectivity index (χ0) is 11.1. The smallest absolute Gasteiger partial charge is 0.130 e. The van der Waals surface area contributed by atoms with Crippen LogP contribution in [0.1, 0.15) is 44.3 Å². The van der Waals surface area contributed by atoms with Crippen LogP contribution in [-0.4, -0.2) is 11.1 Å². The Hall–Kier alpha value is -0.570. The SMILES string of the molecule is CCCCC[C@H]([NH3+])[C@H](O)c1ccccc1.[Cl-]. The van der Waals surface area contributed by atoms with Crippen LogP contribution in [0.15, 0.2) is 30.3 Å². The zero-order valence-corrected chi connectivity index (χ0v) is 10.7. The lowest BCUT2D eigenvalue weighted by Gasteiger charge is -2.15. The highest BCUT2D eigenvalue weighted by molar-refractivity contribution is 5.18. The Bertz CT molecular complexity index is 266. The fourth-order valence-corrected chi connectivity index (χ4v) is 1.74. The van der Waals surface area contributed by atoms with E-state index in [1.807, 2.05) is 30.3 Å². The molecule has 1 aromatic rings. The second-order valence-electron chi connectivity index (χ2n) is 4.11. The molecule has 0 fully saturated rings. The molecule has 2 atom stereocenters. The number of aliphatic hydroxyl groups excluding tert-OH is 1. The second kappa shape index (κ2) is 8.57. The highest BCUT2D eigenvalue weighted by Crippen LogP contribution is 2.17. The van der Waals surface area contributed by atoms with E-state index in [1.165, 1.54) is 12.8 Å². The fraction of sp³-hybridized carbons (Fsp3) is 0.538. The quantitative estimate of drug-likeness (QED) is 0.614. The van der Waals surface area contributed by atoms with E-state index in [0.29, 0.717) is 0 Å². The molecule has 0 amide bonds. The van der Waals surface area contributed by atoms with Crippen molar-refractivity contribution in [2.45, 2.75) is 44.8 Å². The number of unbranched alkanes of at least 4 members (excludes halogenated alkanes) is 2. The van der Waals surface area contributed by atoms with Gasteiger partial charge in [0.25, 0.3) is 0 Å². The Labute approximate surface area is 104 Å². The minimum Gasteiger partial charge on any atom is -1.00 e. The molecule has 2 nitrogen and oxygen atoms in total. The molecule has 0 heterocycles. The lowest BCUT2D eigenvalue weighted by Crippen LogP contribution is -3.00. The van der Waals surface area contributed by atoms with Crippen LogP contribution in [0.5, 0.6) is 0 Å². The Morgan fingerprint density at radius 1 is 1.19 bits per heavy atom. The van der Waals surface area contributed by atoms with Crippen molar-refractivity contribution in [3.8, 4) is 0 Å². The topological polar surface area (TPSA) is 47.9 Å². The van der Waals surface area contributed by atoms with Crippen molar-refractivity contribution < 1.29 is 23.2 Å². The van der Waals surface area contributed by atoms with Gasteiger partial charge in [-0.25, -0.2) is 0 Å². The molecule has 92 valence electrons. The third kappa shape index (κ3) is 4.97. The largest absolute Gasteiger partial charge is 1.00 e. The number of benzene rings is 1. The van der Waals surface area contributed by atoms with Crippen LogP contribution in [0, 0.1) is 0 Å². The molecule has 0 aliphatic carbocycles. The third-order valence-corrected chi connectivity index (χ3v) is 2.77. The summed E-state index contributed by atoms with van der Waals surface area (Å²) < 4.78 is 0. The monoisotopic (exact) mass is 243 g/mol. The first-order valence-corrected chi connectivity index (χ1v) is 5.81. The van der Waals surface area contributed by atoms with Gasteiger partial charge in [-0.3, -0.25) is 0 Å². The Balaban J connectivity index is 0.00000225. The summed E-state index contributed by atoms with van der Waals surface area (Å²) in [6.45, 7) is 2.19. The van der Waals surface area contributed by atoms with Gasteiger partial charge in [0, 0.05) is 6.42 Å². The van der Waals surface area contributed by atoms with Crippen LogP contribution >= 0.6 is 0 Å². The number of quaternary nitrogens is 1. The third-order valence-electron chi connectivity index (χ3n) is 2.77. The molecular weight excluding hydrogens is 222 g/mol. The first-order valence-electron chi connectivity index (χ1n) is 5.81. The molecule has 16 heavy (non-hydrogen) atoms. The summed E-state index contributed by atoms with van der Waals surface area (Å²) in [6.07, 6.45) is 4.20. The first-order chi connectivity index (χ1) is 7.25. The molecule has 1 aromatic carbocycles. The van der Waals surface area contributed by atoms with Gasteiger partial charge in [-0.05, 0) is 12.0 Å². The summed E-state index contributed by atoms with van der Waals surface area (Å²) in [6, 6.07) is 9.91. The van der Waals surface area contributed by atoms with E-state index in [-0.39, 0.29) is 18.4 Å². The van der Waals surface area contributed by atoms with Crippen molar-refractivity contribution in [1.29, 1.82) is 0 Å². The van der Waals surface area contributed by atoms with E-state index in [2.05, 4.69) is 12.7 Å². The highest BCUT2D eigenvalue weighted by atomic mass is 35.5. The highest BCUT2D eigenvalue weighted by Gasteiger charge is 2.18. The number of rotatable bonds is 6. The molecule has 0 aromatic heterocycles. The number of halogens is 1. The van der Waals surface area contributed by atoms with Crippen LogP contribution in [-0.2, 0) is 0 Å². The van der Waals surface area contributed by atoms with E-state index < -0.39 is 6.10 Å². The van der Waals surface area contributed by atoms with Gasteiger partial charge in [0.15, 0.2) is 0 Å². The average molecular weight is 244 g/mol. The van der Waals surface area contributed by atoms with E-state index in [9.17, 15) is 5.11 Å². The normalized spacial score (nSPS) is 13.9. The summed E-state index contributed by atoms with van der Waals surface area (Å²) in [5.41, 5.74) is 5.02. The molecule has 1 rings (SSSR count). The lowest BCUT2D eigenvalue weighted by molar-refractivity contribution is -0.441. The van der Waals surface area contributed by atoms with Crippen LogP contribution in [0.2, 0.25) is 0 Å². The predicted molar refractivity (Wildman–Crippen MR) is 62.2 cm³/mol. The van der Waals surface area contributed by atoms with Crippen LogP contribution in [0.25, 0.3) is 0 Å². The van der Waals surface area contributed by atoms with E-state index in [1.54, 1.807) is 0 Å². The fourth-order valence-electron chi connectivity index (χ4n) is 1.74. The summed E-state index contributed by atoms with van der Waals surface area (Å²) >= 11 is 0. The molecule has 0 aliphatic heterocycles. The molecule has 4 N–H and O–H groups in total. The van der Waals surface area contributed by atoms with E-state index in [4.69, 9.17) is 0 Å². The summed E-state index contributed by atoms with van der Waals surface area (Å²) in [4.78, 5) is 0. The van der Waals surface area contributed by atoms with Gasteiger partial charge in [0.2, 0.25) is 0 Å². The van der Waals surface area contributed by atoms with Crippen molar-refractivity contribution in [3.05, 3.63) is 35.9 Å². The van der Waals surface area contributed by atoms with Gasteiger partial charge < -0.3 is 23.2 Å². The Kier molecular flexibility index (Phi) is 8.26. The van der Waals surface area contributed by atoms with Crippen LogP contribution in [0.4, 0.5) is 0 Å². The molecule has 0 saturated heterocycles. The van der Waals surface area contributed by atoms with Gasteiger partial charge in [-0.1, -0.05) is 50.1 Å². The van der Waals surface area contributed by atoms with Crippen LogP contribution in [0.3, 0.4) is 0 Å². The van der Waals surface area contributed by atoms with Gasteiger partial charge >= 0.3 is 0 Å². The zero-order valence-electron chi connectivity index (χ0n) is 9.90. The minimum atomic E-state index is -0.414. The average Bonchev–Trinajstić information content (AvgIpc) is 2.29. The first kappa shape index (κ1) is 15.4. The van der Waals surface area contributed by atoms with Gasteiger partial charge in [0.1, 0.15) is 12.1 Å². The van der Waals surface area contributed by atoms with Crippen molar-refractivity contribution in [2.75, 3.05) is 0 Å². The summed E-state index contributed by atoms with van der Waals surface area (Å²) in [7, 11) is 0. The molecule has 0 spiro atoms. The van der Waals surface area contributed by atoms with E-state index >= 15 is 0 Å². The number of hydrogen-bond donors (Lipinski definition) is 2. The Morgan fingerprint density at radius 3 is 2.38 bits per heavy atom. The van der Waals surface area contributed by atoms with Gasteiger partial charge in [0.05, 0.1) is 0 Å². The maximum Gasteiger partial charge on any atom is 0.130 e. The van der Waals surface area contributed by atoms with Crippen molar-refractivity contribution in [3.63, 3.8) is 0 Å². The van der Waals surface area contributed by atoms with Crippen LogP contribution < -0.4 is 18.1 Å². The standard InChI is InChI=1S/C13H21NO.ClH/c1-2-3-5-10-12(14)13(15)11-8-6-4-7-9-11;/h4,6-9,12-13,15H,2-3,5,10,14H2,1H3;1H/t12-,13+;/m0./s1. The predicted octanol–water partition coefficient (Wildman–Crippen LogP) is -1.09. The van der Waals surface area contributed by atoms with Crippen molar-refractivity contribution >= 4 is 0 Å². The molecule has 0 saturated carbocycles. The molecule has 0 radical (unpaired) electrons. The lowest BCUT2D eigenvalue weighted by atomic mass is 9.98. The minimum absolute atomic E-state index is 0. The summed E-state index contributed by atoms with van der Waals surface area (Å²) in [5, 5.41) is 10.0. The van der Waals surface area contributed by atoms with E-state index in [0.717, 1.165) is 18.4 Å². The maximum atomic E-state index is 10.0. The van der Waals surface area contributed by atoms with Crippen molar-refractivity contribution in [2.24, 2.45) is 0 Å². The van der Waals surface area contributed by atoms with Gasteiger partial charge in [-0.2, -0.15) is 0 Å². The molecule has 0 aliphatic rings. The number of aliphatic hydroxyl groups is 1. The molecular formula is C13H22ClNO. The maximum absolute atomic E-state index is 10.0. The summed E-state index contributed by atoms with van der Waals surface area (Å²) in [5.74, 6) is 0. The van der Waals surface area contributed by atoms with Gasteiger partial charge in [-0.15, -0.1) is 0 Å². The molecule has 0 unspecified atom stereocenters.